The van der Waals surface area contributed by atoms with Crippen molar-refractivity contribution in [3.05, 3.63) is 35.9 Å². The first-order valence-electron chi connectivity index (χ1n) is 9.26. The van der Waals surface area contributed by atoms with Crippen LogP contribution in [-0.4, -0.2) is 76.9 Å². The molecule has 0 aliphatic carbocycles. The summed E-state index contributed by atoms with van der Waals surface area (Å²) in [4.78, 5) is 47.2. The van der Waals surface area contributed by atoms with Gasteiger partial charge in [0.1, 0.15) is 0 Å². The van der Waals surface area contributed by atoms with Crippen LogP contribution in [0.5, 0.6) is 11.5 Å². The Hall–Kier alpha value is -3.40. The summed E-state index contributed by atoms with van der Waals surface area (Å²) < 4.78 is 10.6. The van der Waals surface area contributed by atoms with E-state index in [1.165, 1.54) is 6.92 Å². The molecule has 0 unspecified atom stereocenters. The summed E-state index contributed by atoms with van der Waals surface area (Å²) in [6, 6.07) is 3.19. The van der Waals surface area contributed by atoms with Gasteiger partial charge in [0, 0.05) is 50.2 Å². The molecule has 2 N–H and O–H groups in total. The number of amides is 2. The molecule has 2 aliphatic rings. The summed E-state index contributed by atoms with van der Waals surface area (Å²) >= 11 is 0. The molecule has 29 heavy (non-hydrogen) atoms. The molecule has 152 valence electrons. The summed E-state index contributed by atoms with van der Waals surface area (Å²) in [5, 5.41) is 2.79. The van der Waals surface area contributed by atoms with E-state index in [1.54, 1.807) is 29.4 Å². The second-order valence-corrected chi connectivity index (χ2v) is 6.86. The molecule has 1 aromatic heterocycles. The Balaban J connectivity index is 1.34. The summed E-state index contributed by atoms with van der Waals surface area (Å²) in [7, 11) is 0. The number of fused-ring (bicyclic) bond motifs is 1. The molecule has 0 atom stereocenters. The molecule has 10 heteroatoms. The largest absolute Gasteiger partial charge is 0.454 e. The number of piperazine rings is 1. The van der Waals surface area contributed by atoms with Gasteiger partial charge in [-0.1, -0.05) is 0 Å². The summed E-state index contributed by atoms with van der Waals surface area (Å²) in [6.07, 6.45) is 3.15. The number of rotatable bonds is 5. The number of benzene rings is 1. The highest BCUT2D eigenvalue weighted by molar-refractivity contribution is 6.05. The highest BCUT2D eigenvalue weighted by atomic mass is 16.7. The highest BCUT2D eigenvalue weighted by Crippen LogP contribution is 2.37. The van der Waals surface area contributed by atoms with E-state index in [-0.39, 0.29) is 30.9 Å². The highest BCUT2D eigenvalue weighted by Gasteiger charge is 2.25. The number of nitrogens with one attached hydrogen (secondary N) is 2. The molecule has 1 saturated heterocycles. The number of hydrogen-bond donors (Lipinski definition) is 2. The molecule has 10 nitrogen and oxygen atoms in total. The molecule has 0 bridgehead atoms. The minimum absolute atomic E-state index is 0.0884. The van der Waals surface area contributed by atoms with Crippen LogP contribution >= 0.6 is 0 Å². The van der Waals surface area contributed by atoms with Crippen molar-refractivity contribution in [2.24, 2.45) is 0 Å². The van der Waals surface area contributed by atoms with Crippen LogP contribution in [0.1, 0.15) is 27.9 Å². The monoisotopic (exact) mass is 399 g/mol. The zero-order valence-corrected chi connectivity index (χ0v) is 15.9. The van der Waals surface area contributed by atoms with Crippen molar-refractivity contribution in [1.82, 2.24) is 19.8 Å². The van der Waals surface area contributed by atoms with Gasteiger partial charge in [0.05, 0.1) is 12.2 Å². The Morgan fingerprint density at radius 2 is 1.86 bits per heavy atom. The molecule has 2 aliphatic heterocycles. The smallest absolute Gasteiger partial charge is 0.289 e. The van der Waals surface area contributed by atoms with E-state index >= 15 is 0 Å². The van der Waals surface area contributed by atoms with Crippen molar-refractivity contribution in [2.75, 3.05) is 44.8 Å². The number of imidazole rings is 1. The fourth-order valence-corrected chi connectivity index (χ4v) is 3.37. The number of carbonyl (C=O) groups is 3. The van der Waals surface area contributed by atoms with Crippen LogP contribution in [0, 0.1) is 0 Å². The third kappa shape index (κ3) is 4.06. The maximum absolute atomic E-state index is 12.5. The fourth-order valence-electron chi connectivity index (χ4n) is 3.37. The van der Waals surface area contributed by atoms with Crippen LogP contribution in [0.3, 0.4) is 0 Å². The standard InChI is InChI=1S/C19H21N5O5/c1-12(25)13-8-15-16(29-11-28-15)9-14(13)22-17(26)10-23-4-6-24(7-5-23)19(27)18-20-2-3-21-18/h2-3,8-9H,4-7,10-11H2,1H3,(H,20,21)(H,22,26). The van der Waals surface area contributed by atoms with Gasteiger partial charge in [-0.2, -0.15) is 0 Å². The lowest BCUT2D eigenvalue weighted by atomic mass is 10.1. The lowest BCUT2D eigenvalue weighted by molar-refractivity contribution is -0.117. The molecule has 0 saturated carbocycles. The van der Waals surface area contributed by atoms with Gasteiger partial charge < -0.3 is 24.7 Å². The number of carbonyl (C=O) groups excluding carboxylic acids is 3. The van der Waals surface area contributed by atoms with Crippen molar-refractivity contribution in [3.8, 4) is 11.5 Å². The van der Waals surface area contributed by atoms with Gasteiger partial charge in [0.2, 0.25) is 12.7 Å². The van der Waals surface area contributed by atoms with E-state index in [4.69, 9.17) is 9.47 Å². The Kier molecular flexibility index (Phi) is 5.17. The number of ether oxygens (including phenoxy) is 2. The van der Waals surface area contributed by atoms with E-state index in [0.717, 1.165) is 0 Å². The van der Waals surface area contributed by atoms with Crippen LogP contribution in [0.4, 0.5) is 5.69 Å². The van der Waals surface area contributed by atoms with Crippen molar-refractivity contribution >= 4 is 23.3 Å². The lowest BCUT2D eigenvalue weighted by Crippen LogP contribution is -2.50. The Bertz CT molecular complexity index is 935. The Morgan fingerprint density at radius 3 is 2.52 bits per heavy atom. The van der Waals surface area contributed by atoms with Crippen molar-refractivity contribution in [3.63, 3.8) is 0 Å². The van der Waals surface area contributed by atoms with Gasteiger partial charge in [-0.05, 0) is 13.0 Å². The normalized spacial score (nSPS) is 16.0. The van der Waals surface area contributed by atoms with Gasteiger partial charge in [-0.3, -0.25) is 19.3 Å². The fraction of sp³-hybridized carbons (Fsp3) is 0.368. The van der Waals surface area contributed by atoms with Crippen LogP contribution in [-0.2, 0) is 4.79 Å². The molecule has 2 aromatic rings. The number of aromatic amines is 1. The van der Waals surface area contributed by atoms with Crippen molar-refractivity contribution in [2.45, 2.75) is 6.92 Å². The summed E-state index contributed by atoms with van der Waals surface area (Å²) in [5.74, 6) is 0.739. The first-order valence-corrected chi connectivity index (χ1v) is 9.26. The first kappa shape index (κ1) is 18.9. The summed E-state index contributed by atoms with van der Waals surface area (Å²) in [5.41, 5.74) is 0.773. The number of anilines is 1. The number of Topliss-reactive ketones (excluding diaryl/α,β-unsaturated/α-hetero) is 1. The molecular weight excluding hydrogens is 378 g/mol. The van der Waals surface area contributed by atoms with Gasteiger partial charge in [0.25, 0.3) is 5.91 Å². The Labute approximate surface area is 166 Å². The third-order valence-corrected chi connectivity index (χ3v) is 4.89. The zero-order chi connectivity index (χ0) is 20.4. The number of aromatic nitrogens is 2. The van der Waals surface area contributed by atoms with E-state index in [0.29, 0.717) is 54.8 Å². The molecule has 2 amide bonds. The first-order chi connectivity index (χ1) is 14.0. The SMILES string of the molecule is CC(=O)c1cc2c(cc1NC(=O)CN1CCN(C(=O)c3ncc[nH]3)CC1)OCO2. The minimum Gasteiger partial charge on any atom is -0.454 e. The number of hydrogen-bond acceptors (Lipinski definition) is 7. The van der Waals surface area contributed by atoms with Crippen molar-refractivity contribution < 1.29 is 23.9 Å². The second kappa shape index (κ2) is 7.92. The van der Waals surface area contributed by atoms with Crippen LogP contribution in [0.15, 0.2) is 24.5 Å². The van der Waals surface area contributed by atoms with Crippen LogP contribution < -0.4 is 14.8 Å². The van der Waals surface area contributed by atoms with Crippen molar-refractivity contribution in [1.29, 1.82) is 0 Å². The van der Waals surface area contributed by atoms with Gasteiger partial charge in [-0.25, -0.2) is 4.98 Å². The second-order valence-electron chi connectivity index (χ2n) is 6.86. The molecule has 3 heterocycles. The maximum atomic E-state index is 12.5. The zero-order valence-electron chi connectivity index (χ0n) is 15.9. The van der Waals surface area contributed by atoms with E-state index in [1.807, 2.05) is 4.90 Å². The van der Waals surface area contributed by atoms with Gasteiger partial charge in [-0.15, -0.1) is 0 Å². The van der Waals surface area contributed by atoms with Crippen LogP contribution in [0.25, 0.3) is 0 Å². The number of H-pyrrole nitrogens is 1. The lowest BCUT2D eigenvalue weighted by Gasteiger charge is -2.33. The van der Waals surface area contributed by atoms with Crippen LogP contribution in [0.2, 0.25) is 0 Å². The molecule has 4 rings (SSSR count). The van der Waals surface area contributed by atoms with Gasteiger partial charge in [0.15, 0.2) is 23.1 Å². The molecule has 0 spiro atoms. The molecule has 1 aromatic carbocycles. The van der Waals surface area contributed by atoms with E-state index < -0.39 is 0 Å². The minimum atomic E-state index is -0.239. The third-order valence-electron chi connectivity index (χ3n) is 4.89. The van der Waals surface area contributed by atoms with Gasteiger partial charge >= 0.3 is 0 Å². The number of ketones is 1. The molecule has 1 fully saturated rings. The quantitative estimate of drug-likeness (QED) is 0.712. The molecular formula is C19H21N5O5. The van der Waals surface area contributed by atoms with E-state index in [2.05, 4.69) is 15.3 Å². The maximum Gasteiger partial charge on any atom is 0.289 e. The molecule has 0 radical (unpaired) electrons. The van der Waals surface area contributed by atoms with E-state index in [9.17, 15) is 14.4 Å². The number of nitrogens with zero attached hydrogens (tertiary/aromatic N) is 3. The average Bonchev–Trinajstić information content (AvgIpc) is 3.39. The predicted molar refractivity (Wildman–Crippen MR) is 102 cm³/mol. The Morgan fingerprint density at radius 1 is 1.14 bits per heavy atom. The summed E-state index contributed by atoms with van der Waals surface area (Å²) in [6.45, 7) is 3.84. The predicted octanol–water partition coefficient (Wildman–Crippen LogP) is 0.737. The topological polar surface area (TPSA) is 117 Å². The average molecular weight is 399 g/mol.